The third-order valence-corrected chi connectivity index (χ3v) is 7.45. The Labute approximate surface area is 234 Å². The molecule has 4 nitrogen and oxygen atoms in total. The van der Waals surface area contributed by atoms with Crippen molar-refractivity contribution in [2.24, 2.45) is 0 Å². The number of carbonyl (C=O) groups excluding carboxylic acids is 2. The minimum Gasteiger partial charge on any atom is -0.392 e. The summed E-state index contributed by atoms with van der Waals surface area (Å²) in [7, 11) is 0. The monoisotopic (exact) mass is 561 g/mol. The van der Waals surface area contributed by atoms with Gasteiger partial charge in [-0.25, -0.2) is 4.39 Å². The van der Waals surface area contributed by atoms with Gasteiger partial charge in [0.05, 0.1) is 29.8 Å². The normalized spacial score (nSPS) is 13.3. The van der Waals surface area contributed by atoms with Crippen LogP contribution in [0.15, 0.2) is 78.9 Å². The van der Waals surface area contributed by atoms with Crippen LogP contribution >= 0.6 is 0 Å². The molecular formula is C33H27F4NO3. The molecule has 1 aliphatic heterocycles. The zero-order valence-corrected chi connectivity index (χ0v) is 22.4. The summed E-state index contributed by atoms with van der Waals surface area (Å²) < 4.78 is 53.4. The number of imide groups is 1. The Bertz CT molecular complexity index is 1590. The first-order chi connectivity index (χ1) is 19.5. The van der Waals surface area contributed by atoms with Gasteiger partial charge in [-0.3, -0.25) is 14.5 Å². The molecule has 1 heterocycles. The Balaban J connectivity index is 1.66. The summed E-state index contributed by atoms with van der Waals surface area (Å²) in [5.74, 6) is -1.38. The van der Waals surface area contributed by atoms with Crippen LogP contribution in [0.2, 0.25) is 0 Å². The van der Waals surface area contributed by atoms with Crippen molar-refractivity contribution in [3.63, 3.8) is 0 Å². The molecule has 210 valence electrons. The molecule has 0 spiro atoms. The summed E-state index contributed by atoms with van der Waals surface area (Å²) >= 11 is 0. The molecule has 0 bridgehead atoms. The molecular weight excluding hydrogens is 534 g/mol. The highest BCUT2D eigenvalue weighted by atomic mass is 19.4. The van der Waals surface area contributed by atoms with E-state index in [1.165, 1.54) is 24.3 Å². The van der Waals surface area contributed by atoms with Gasteiger partial charge in [-0.15, -0.1) is 0 Å². The molecule has 4 aromatic carbocycles. The van der Waals surface area contributed by atoms with Gasteiger partial charge in [-0.1, -0.05) is 56.3 Å². The molecule has 4 aromatic rings. The number of benzene rings is 4. The highest BCUT2D eigenvalue weighted by Gasteiger charge is 2.36. The lowest BCUT2D eigenvalue weighted by molar-refractivity contribution is -0.137. The SMILES string of the molecule is CC(C)c1cc(CN2C(=O)c3ccccc3C2=O)c(CO)c(-c2ccc(F)cc2)c1Cc1ccc(C(F)(F)F)cc1. The third-order valence-electron chi connectivity index (χ3n) is 7.45. The molecule has 0 atom stereocenters. The Morgan fingerprint density at radius 1 is 0.829 bits per heavy atom. The number of rotatable bonds is 7. The fraction of sp³-hybridized carbons (Fsp3) is 0.212. The Hall–Kier alpha value is -4.30. The van der Waals surface area contributed by atoms with Crippen LogP contribution in [0.25, 0.3) is 11.1 Å². The average Bonchev–Trinajstić information content (AvgIpc) is 3.18. The van der Waals surface area contributed by atoms with Gasteiger partial charge in [-0.2, -0.15) is 13.2 Å². The molecule has 41 heavy (non-hydrogen) atoms. The van der Waals surface area contributed by atoms with Crippen molar-refractivity contribution >= 4 is 11.8 Å². The molecule has 0 radical (unpaired) electrons. The molecule has 0 aliphatic carbocycles. The van der Waals surface area contributed by atoms with Gasteiger partial charge < -0.3 is 5.11 Å². The number of aliphatic hydroxyl groups is 1. The van der Waals surface area contributed by atoms with Gasteiger partial charge in [0, 0.05) is 0 Å². The molecule has 1 N–H and O–H groups in total. The minimum atomic E-state index is -4.46. The minimum absolute atomic E-state index is 0.0627. The van der Waals surface area contributed by atoms with Gasteiger partial charge in [0.15, 0.2) is 0 Å². The quantitative estimate of drug-likeness (QED) is 0.188. The number of amides is 2. The Morgan fingerprint density at radius 3 is 1.93 bits per heavy atom. The van der Waals surface area contributed by atoms with E-state index >= 15 is 0 Å². The molecule has 5 rings (SSSR count). The van der Waals surface area contributed by atoms with Crippen LogP contribution in [0.4, 0.5) is 17.6 Å². The van der Waals surface area contributed by atoms with Crippen LogP contribution in [0.5, 0.6) is 0 Å². The smallest absolute Gasteiger partial charge is 0.392 e. The predicted molar refractivity (Wildman–Crippen MR) is 147 cm³/mol. The second-order valence-electron chi connectivity index (χ2n) is 10.4. The molecule has 0 aromatic heterocycles. The van der Waals surface area contributed by atoms with Crippen LogP contribution in [-0.2, 0) is 25.7 Å². The summed E-state index contributed by atoms with van der Waals surface area (Å²) in [5, 5.41) is 10.7. The number of hydrogen-bond donors (Lipinski definition) is 1. The Kier molecular flexibility index (Phi) is 7.53. The fourth-order valence-electron chi connectivity index (χ4n) is 5.41. The van der Waals surface area contributed by atoms with Crippen molar-refractivity contribution in [3.8, 4) is 11.1 Å². The highest BCUT2D eigenvalue weighted by molar-refractivity contribution is 6.21. The number of aliphatic hydroxyl groups excluding tert-OH is 1. The Morgan fingerprint density at radius 2 is 1.41 bits per heavy atom. The van der Waals surface area contributed by atoms with Gasteiger partial charge >= 0.3 is 6.18 Å². The number of nitrogens with zero attached hydrogens (tertiary/aromatic N) is 1. The van der Waals surface area contributed by atoms with E-state index in [2.05, 4.69) is 0 Å². The summed E-state index contributed by atoms with van der Waals surface area (Å²) in [6.07, 6.45) is -4.21. The molecule has 8 heteroatoms. The largest absolute Gasteiger partial charge is 0.416 e. The summed E-state index contributed by atoms with van der Waals surface area (Å²) in [4.78, 5) is 27.4. The second-order valence-corrected chi connectivity index (χ2v) is 10.4. The first-order valence-corrected chi connectivity index (χ1v) is 13.1. The topological polar surface area (TPSA) is 57.6 Å². The van der Waals surface area contributed by atoms with E-state index in [0.29, 0.717) is 38.9 Å². The second kappa shape index (κ2) is 10.9. The first kappa shape index (κ1) is 28.2. The van der Waals surface area contributed by atoms with E-state index in [0.717, 1.165) is 28.2 Å². The number of carbonyl (C=O) groups is 2. The maximum Gasteiger partial charge on any atom is 0.416 e. The van der Waals surface area contributed by atoms with Gasteiger partial charge in [-0.05, 0) is 87.7 Å². The molecule has 2 amide bonds. The molecule has 1 aliphatic rings. The molecule has 0 fully saturated rings. The van der Waals surface area contributed by atoms with Crippen LogP contribution in [0.3, 0.4) is 0 Å². The van der Waals surface area contributed by atoms with Crippen LogP contribution in [0, 0.1) is 5.82 Å². The van der Waals surface area contributed by atoms with Crippen molar-refractivity contribution in [3.05, 3.63) is 129 Å². The van der Waals surface area contributed by atoms with Gasteiger partial charge in [0.2, 0.25) is 0 Å². The van der Waals surface area contributed by atoms with E-state index in [1.54, 1.807) is 36.4 Å². The number of fused-ring (bicyclic) bond motifs is 1. The van der Waals surface area contributed by atoms with Crippen LogP contribution in [0.1, 0.15) is 73.9 Å². The summed E-state index contributed by atoms with van der Waals surface area (Å²) in [6.45, 7) is 3.40. The van der Waals surface area contributed by atoms with Crippen molar-refractivity contribution in [1.82, 2.24) is 4.90 Å². The van der Waals surface area contributed by atoms with E-state index in [9.17, 15) is 32.3 Å². The van der Waals surface area contributed by atoms with E-state index in [-0.39, 0.29) is 18.9 Å². The number of hydrogen-bond acceptors (Lipinski definition) is 3. The lowest BCUT2D eigenvalue weighted by atomic mass is 9.81. The van der Waals surface area contributed by atoms with Crippen LogP contribution in [-0.4, -0.2) is 21.8 Å². The number of halogens is 4. The summed E-state index contributed by atoms with van der Waals surface area (Å²) in [5.41, 5.74) is 4.32. The molecule has 0 saturated heterocycles. The zero-order valence-electron chi connectivity index (χ0n) is 22.4. The maximum absolute atomic E-state index is 13.9. The highest BCUT2D eigenvalue weighted by Crippen LogP contribution is 2.39. The third kappa shape index (κ3) is 5.39. The maximum atomic E-state index is 13.9. The predicted octanol–water partition coefficient (Wildman–Crippen LogP) is 7.51. The van der Waals surface area contributed by atoms with E-state index < -0.39 is 36.0 Å². The lowest BCUT2D eigenvalue weighted by Crippen LogP contribution is -2.30. The average molecular weight is 562 g/mol. The van der Waals surface area contributed by atoms with Crippen molar-refractivity contribution in [2.45, 2.75) is 45.5 Å². The molecule has 0 unspecified atom stereocenters. The van der Waals surface area contributed by atoms with Crippen molar-refractivity contribution in [2.75, 3.05) is 0 Å². The zero-order chi connectivity index (χ0) is 29.5. The molecule has 0 saturated carbocycles. The first-order valence-electron chi connectivity index (χ1n) is 13.1. The van der Waals surface area contributed by atoms with Crippen molar-refractivity contribution in [1.29, 1.82) is 0 Å². The van der Waals surface area contributed by atoms with Crippen molar-refractivity contribution < 1.29 is 32.3 Å². The van der Waals surface area contributed by atoms with Gasteiger partial charge in [0.1, 0.15) is 5.82 Å². The number of alkyl halides is 3. The summed E-state index contributed by atoms with van der Waals surface area (Å²) in [6, 6.07) is 19.1. The fourth-order valence-corrected chi connectivity index (χ4v) is 5.41. The standard InChI is InChI=1S/C33H27F4NO3/c1-19(2)27-16-22(17-38-31(40)25-5-3-4-6-26(25)32(38)41)29(18-39)30(21-9-13-24(34)14-10-21)28(27)15-20-7-11-23(12-8-20)33(35,36)37/h3-14,16,19,39H,15,17-18H2,1-2H3. The van der Waals surface area contributed by atoms with E-state index in [1.807, 2.05) is 19.9 Å². The van der Waals surface area contributed by atoms with Gasteiger partial charge in [0.25, 0.3) is 11.8 Å². The van der Waals surface area contributed by atoms with Crippen LogP contribution < -0.4 is 0 Å². The van der Waals surface area contributed by atoms with E-state index in [4.69, 9.17) is 0 Å². The lowest BCUT2D eigenvalue weighted by Gasteiger charge is -2.26.